The number of benzene rings is 1. The molecule has 0 aliphatic rings. The summed E-state index contributed by atoms with van der Waals surface area (Å²) in [6.45, 7) is 4.35. The molecule has 3 aromatic rings. The third kappa shape index (κ3) is 3.96. The first-order valence-electron chi connectivity index (χ1n) is 8.93. The molecule has 2 aromatic heterocycles. The highest BCUT2D eigenvalue weighted by atomic mass is 16.5. The number of carbonyl (C=O) groups excluding carboxylic acids is 3. The number of nitrogens with one attached hydrogen (secondary N) is 1. The molecule has 0 radical (unpaired) electrons. The van der Waals surface area contributed by atoms with E-state index in [4.69, 9.17) is 9.47 Å². The van der Waals surface area contributed by atoms with Gasteiger partial charge >= 0.3 is 5.97 Å². The van der Waals surface area contributed by atoms with E-state index in [9.17, 15) is 14.4 Å². The van der Waals surface area contributed by atoms with E-state index in [1.807, 2.05) is 30.3 Å². The average Bonchev–Trinajstić information content (AvgIpc) is 3.27. The first-order chi connectivity index (χ1) is 13.8. The zero-order chi connectivity index (χ0) is 21.1. The van der Waals surface area contributed by atoms with Crippen molar-refractivity contribution in [1.82, 2.24) is 14.8 Å². The van der Waals surface area contributed by atoms with E-state index in [2.05, 4.69) is 10.1 Å². The van der Waals surface area contributed by atoms with Gasteiger partial charge in [-0.3, -0.25) is 9.59 Å². The predicted molar refractivity (Wildman–Crippen MR) is 105 cm³/mol. The fourth-order valence-electron chi connectivity index (χ4n) is 3.19. The van der Waals surface area contributed by atoms with Gasteiger partial charge in [-0.15, -0.1) is 0 Å². The summed E-state index contributed by atoms with van der Waals surface area (Å²) >= 11 is 0. The lowest BCUT2D eigenvalue weighted by Crippen LogP contribution is -2.16. The minimum absolute atomic E-state index is 0.0343. The summed E-state index contributed by atoms with van der Waals surface area (Å²) in [6.07, 6.45) is 1.56. The van der Waals surface area contributed by atoms with Gasteiger partial charge in [0, 0.05) is 11.3 Å². The highest BCUT2D eigenvalue weighted by Gasteiger charge is 2.24. The molecule has 0 saturated heterocycles. The second-order valence-corrected chi connectivity index (χ2v) is 6.51. The van der Waals surface area contributed by atoms with Gasteiger partial charge in [-0.05, 0) is 38.5 Å². The smallest absolute Gasteiger partial charge is 0.363 e. The van der Waals surface area contributed by atoms with Crippen molar-refractivity contribution in [3.8, 4) is 11.4 Å². The number of hydrogen-bond donors (Lipinski definition) is 1. The molecule has 29 heavy (non-hydrogen) atoms. The van der Waals surface area contributed by atoms with Crippen molar-refractivity contribution in [2.75, 3.05) is 13.7 Å². The summed E-state index contributed by atoms with van der Waals surface area (Å²) in [5.41, 5.74) is 2.59. The molecule has 3 rings (SSSR count). The standard InChI is InChI=1S/C21H21N3O5/c1-12-18(14(3)25)13(2)22-19(12)16(26)11-29-21(27)20-17(28-4)10-24(23-20)15-8-6-5-7-9-15/h5-10,22H,11H2,1-4H3. The number of nitrogens with zero attached hydrogens (tertiary/aromatic N) is 2. The Hall–Kier alpha value is -3.68. The van der Waals surface area contributed by atoms with Crippen LogP contribution < -0.4 is 4.74 Å². The molecule has 0 saturated carbocycles. The maximum atomic E-state index is 12.5. The van der Waals surface area contributed by atoms with Crippen molar-refractivity contribution in [1.29, 1.82) is 0 Å². The Labute approximate surface area is 167 Å². The van der Waals surface area contributed by atoms with Crippen LogP contribution in [-0.2, 0) is 4.74 Å². The number of ether oxygens (including phenoxy) is 2. The molecule has 1 aromatic carbocycles. The van der Waals surface area contributed by atoms with Gasteiger partial charge in [0.15, 0.2) is 18.1 Å². The molecule has 0 unspecified atom stereocenters. The average molecular weight is 395 g/mol. The zero-order valence-corrected chi connectivity index (χ0v) is 16.6. The number of aryl methyl sites for hydroxylation is 1. The van der Waals surface area contributed by atoms with Crippen LogP contribution in [0.2, 0.25) is 0 Å². The Morgan fingerprint density at radius 3 is 2.41 bits per heavy atom. The molecule has 2 heterocycles. The zero-order valence-electron chi connectivity index (χ0n) is 16.6. The summed E-state index contributed by atoms with van der Waals surface area (Å²) in [6, 6.07) is 9.21. The first-order valence-corrected chi connectivity index (χ1v) is 8.93. The monoisotopic (exact) mass is 395 g/mol. The molecule has 0 fully saturated rings. The normalized spacial score (nSPS) is 10.6. The van der Waals surface area contributed by atoms with Crippen molar-refractivity contribution in [3.05, 3.63) is 64.7 Å². The number of carbonyl (C=O) groups is 3. The summed E-state index contributed by atoms with van der Waals surface area (Å²) in [4.78, 5) is 39.6. The number of aromatic nitrogens is 3. The Bertz CT molecular complexity index is 1080. The number of H-pyrrole nitrogens is 1. The van der Waals surface area contributed by atoms with Crippen molar-refractivity contribution < 1.29 is 23.9 Å². The molecule has 1 N–H and O–H groups in total. The second kappa shape index (κ2) is 8.14. The van der Waals surface area contributed by atoms with Crippen LogP contribution in [0.25, 0.3) is 5.69 Å². The van der Waals surface area contributed by atoms with E-state index in [1.54, 1.807) is 20.0 Å². The minimum Gasteiger partial charge on any atom is -0.493 e. The molecule has 8 nitrogen and oxygen atoms in total. The third-order valence-corrected chi connectivity index (χ3v) is 4.52. The SMILES string of the molecule is COc1cn(-c2ccccc2)nc1C(=O)OCC(=O)c1[nH]c(C)c(C(C)=O)c1C. The maximum absolute atomic E-state index is 12.5. The van der Waals surface area contributed by atoms with Crippen molar-refractivity contribution >= 4 is 17.5 Å². The number of Topliss-reactive ketones (excluding diaryl/α,β-unsaturated/α-hetero) is 2. The Morgan fingerprint density at radius 1 is 1.14 bits per heavy atom. The van der Waals surface area contributed by atoms with Crippen LogP contribution in [0.5, 0.6) is 5.75 Å². The molecule has 0 bridgehead atoms. The summed E-state index contributed by atoms with van der Waals surface area (Å²) in [7, 11) is 1.42. The molecule has 8 heteroatoms. The number of para-hydroxylation sites is 1. The van der Waals surface area contributed by atoms with Crippen LogP contribution in [0, 0.1) is 13.8 Å². The van der Waals surface area contributed by atoms with Gasteiger partial charge in [0.2, 0.25) is 11.5 Å². The topological polar surface area (TPSA) is 103 Å². The molecule has 0 spiro atoms. The van der Waals surface area contributed by atoms with Crippen LogP contribution in [0.3, 0.4) is 0 Å². The second-order valence-electron chi connectivity index (χ2n) is 6.51. The molecule has 0 amide bonds. The number of rotatable bonds is 7. The Morgan fingerprint density at radius 2 is 1.83 bits per heavy atom. The molecule has 0 aliphatic heterocycles. The molecule has 150 valence electrons. The minimum atomic E-state index is -0.780. The molecular formula is C21H21N3O5. The first kappa shape index (κ1) is 20.1. The molecular weight excluding hydrogens is 374 g/mol. The van der Waals surface area contributed by atoms with Crippen molar-refractivity contribution in [2.45, 2.75) is 20.8 Å². The van der Waals surface area contributed by atoms with Gasteiger partial charge in [0.1, 0.15) is 0 Å². The van der Waals surface area contributed by atoms with E-state index >= 15 is 0 Å². The van der Waals surface area contributed by atoms with E-state index in [1.165, 1.54) is 18.7 Å². The lowest BCUT2D eigenvalue weighted by molar-refractivity contribution is 0.0464. The van der Waals surface area contributed by atoms with Gasteiger partial charge in [0.05, 0.1) is 24.7 Å². The summed E-state index contributed by atoms with van der Waals surface area (Å²) in [5.74, 6) is -1.12. The Kier molecular flexibility index (Phi) is 5.63. The highest BCUT2D eigenvalue weighted by Crippen LogP contribution is 2.21. The van der Waals surface area contributed by atoms with Gasteiger partial charge in [0.25, 0.3) is 0 Å². The van der Waals surface area contributed by atoms with Crippen molar-refractivity contribution in [3.63, 3.8) is 0 Å². The van der Waals surface area contributed by atoms with Gasteiger partial charge < -0.3 is 14.5 Å². The van der Waals surface area contributed by atoms with Crippen LogP contribution in [0.15, 0.2) is 36.5 Å². The van der Waals surface area contributed by atoms with E-state index in [-0.39, 0.29) is 22.9 Å². The summed E-state index contributed by atoms with van der Waals surface area (Å²) < 4.78 is 11.9. The lowest BCUT2D eigenvalue weighted by atomic mass is 10.1. The van der Waals surface area contributed by atoms with Gasteiger partial charge in [-0.1, -0.05) is 18.2 Å². The van der Waals surface area contributed by atoms with Crippen molar-refractivity contribution in [2.24, 2.45) is 0 Å². The largest absolute Gasteiger partial charge is 0.493 e. The number of esters is 1. The fourth-order valence-corrected chi connectivity index (χ4v) is 3.19. The third-order valence-electron chi connectivity index (χ3n) is 4.52. The van der Waals surface area contributed by atoms with E-state index < -0.39 is 18.4 Å². The number of methoxy groups -OCH3 is 1. The number of ketones is 2. The van der Waals surface area contributed by atoms with Crippen LogP contribution >= 0.6 is 0 Å². The summed E-state index contributed by atoms with van der Waals surface area (Å²) in [5, 5.41) is 4.21. The van der Waals surface area contributed by atoms with Gasteiger partial charge in [-0.25, -0.2) is 9.48 Å². The van der Waals surface area contributed by atoms with Crippen LogP contribution in [0.1, 0.15) is 49.5 Å². The van der Waals surface area contributed by atoms with Crippen LogP contribution in [-0.4, -0.2) is 46.0 Å². The molecule has 0 aliphatic carbocycles. The lowest BCUT2D eigenvalue weighted by Gasteiger charge is -2.04. The quantitative estimate of drug-likeness (QED) is 0.487. The molecule has 0 atom stereocenters. The number of aromatic amines is 1. The maximum Gasteiger partial charge on any atom is 0.363 e. The Balaban J connectivity index is 1.76. The van der Waals surface area contributed by atoms with Crippen LogP contribution in [0.4, 0.5) is 0 Å². The number of hydrogen-bond acceptors (Lipinski definition) is 6. The van der Waals surface area contributed by atoms with Gasteiger partial charge in [-0.2, -0.15) is 5.10 Å². The fraction of sp³-hybridized carbons (Fsp3) is 0.238. The predicted octanol–water partition coefficient (Wildman–Crippen LogP) is 3.07. The van der Waals surface area contributed by atoms with E-state index in [0.29, 0.717) is 16.8 Å². The highest BCUT2D eigenvalue weighted by molar-refractivity contribution is 6.04. The van der Waals surface area contributed by atoms with E-state index in [0.717, 1.165) is 5.69 Å².